The predicted octanol–water partition coefficient (Wildman–Crippen LogP) is 17.7. The van der Waals surface area contributed by atoms with Gasteiger partial charge in [-0.3, -0.25) is 14.4 Å². The number of ether oxygens (including phenoxy) is 3. The van der Waals surface area contributed by atoms with Gasteiger partial charge in [0.05, 0.1) is 0 Å². The van der Waals surface area contributed by atoms with E-state index < -0.39 is 6.10 Å². The van der Waals surface area contributed by atoms with Gasteiger partial charge in [0.1, 0.15) is 13.2 Å². The monoisotopic (exact) mass is 913 g/mol. The Labute approximate surface area is 405 Å². The lowest BCUT2D eigenvalue weighted by Crippen LogP contribution is -2.30. The fourth-order valence-corrected chi connectivity index (χ4v) is 6.82. The van der Waals surface area contributed by atoms with E-state index in [2.05, 4.69) is 93.7 Å². The van der Waals surface area contributed by atoms with Crippen LogP contribution in [0.5, 0.6) is 0 Å². The first-order valence-electron chi connectivity index (χ1n) is 26.6. The highest BCUT2D eigenvalue weighted by Crippen LogP contribution is 2.12. The lowest BCUT2D eigenvalue weighted by Gasteiger charge is -2.18. The van der Waals surface area contributed by atoms with E-state index in [9.17, 15) is 14.4 Å². The Morgan fingerprint density at radius 2 is 0.667 bits per heavy atom. The van der Waals surface area contributed by atoms with E-state index in [1.54, 1.807) is 0 Å². The minimum Gasteiger partial charge on any atom is -0.462 e. The molecule has 0 aromatic heterocycles. The summed E-state index contributed by atoms with van der Waals surface area (Å²) in [6.45, 7) is 6.36. The van der Waals surface area contributed by atoms with Gasteiger partial charge in [0, 0.05) is 19.3 Å². The zero-order valence-electron chi connectivity index (χ0n) is 42.4. The molecule has 0 aliphatic heterocycles. The van der Waals surface area contributed by atoms with Gasteiger partial charge in [0.25, 0.3) is 0 Å². The van der Waals surface area contributed by atoms with E-state index in [1.165, 1.54) is 89.9 Å². The molecule has 6 nitrogen and oxygen atoms in total. The van der Waals surface area contributed by atoms with Crippen LogP contribution in [0.4, 0.5) is 0 Å². The maximum atomic E-state index is 12.8. The van der Waals surface area contributed by atoms with Crippen molar-refractivity contribution in [2.45, 2.75) is 226 Å². The number of esters is 3. The number of carbonyl (C=O) groups is 3. The number of unbranched alkanes of at least 4 members (excludes halogenated alkanes) is 20. The maximum absolute atomic E-state index is 12.8. The van der Waals surface area contributed by atoms with E-state index in [1.807, 2.05) is 48.6 Å². The molecule has 0 saturated heterocycles. The molecule has 1 atom stereocenters. The average Bonchev–Trinajstić information content (AvgIpc) is 3.31. The molecule has 0 bridgehead atoms. The summed E-state index contributed by atoms with van der Waals surface area (Å²) in [4.78, 5) is 38.0. The van der Waals surface area contributed by atoms with Crippen LogP contribution in [-0.2, 0) is 28.6 Å². The Morgan fingerprint density at radius 1 is 0.333 bits per heavy atom. The fourth-order valence-electron chi connectivity index (χ4n) is 6.82. The van der Waals surface area contributed by atoms with Crippen molar-refractivity contribution in [3.63, 3.8) is 0 Å². The molecule has 0 rings (SSSR count). The van der Waals surface area contributed by atoms with E-state index in [4.69, 9.17) is 14.2 Å². The van der Waals surface area contributed by atoms with Gasteiger partial charge < -0.3 is 14.2 Å². The average molecular weight is 913 g/mol. The van der Waals surface area contributed by atoms with Crippen LogP contribution >= 0.6 is 0 Å². The highest BCUT2D eigenvalue weighted by Gasteiger charge is 2.19. The van der Waals surface area contributed by atoms with Crippen molar-refractivity contribution < 1.29 is 28.6 Å². The van der Waals surface area contributed by atoms with Crippen molar-refractivity contribution in [3.05, 3.63) is 122 Å². The molecule has 6 heteroatoms. The second-order valence-electron chi connectivity index (χ2n) is 17.2. The molecule has 0 aliphatic carbocycles. The van der Waals surface area contributed by atoms with E-state index in [0.717, 1.165) is 77.0 Å². The Hall–Kier alpha value is -4.19. The Kier molecular flexibility index (Phi) is 50.0. The summed E-state index contributed by atoms with van der Waals surface area (Å²) in [5.41, 5.74) is 0. The molecule has 66 heavy (non-hydrogen) atoms. The minimum atomic E-state index is -0.833. The molecule has 0 fully saturated rings. The van der Waals surface area contributed by atoms with Crippen LogP contribution in [0.15, 0.2) is 122 Å². The van der Waals surface area contributed by atoms with Crippen LogP contribution in [0.25, 0.3) is 0 Å². The smallest absolute Gasteiger partial charge is 0.306 e. The molecule has 372 valence electrons. The summed E-state index contributed by atoms with van der Waals surface area (Å²) in [5, 5.41) is 0. The minimum absolute atomic E-state index is 0.130. The highest BCUT2D eigenvalue weighted by atomic mass is 16.6. The highest BCUT2D eigenvalue weighted by molar-refractivity contribution is 5.71. The zero-order valence-corrected chi connectivity index (χ0v) is 42.4. The quantitative estimate of drug-likeness (QED) is 0.0199. The molecule has 0 aromatic carbocycles. The van der Waals surface area contributed by atoms with Crippen molar-refractivity contribution in [1.29, 1.82) is 0 Å². The summed E-state index contributed by atoms with van der Waals surface area (Å²) < 4.78 is 16.7. The van der Waals surface area contributed by atoms with Gasteiger partial charge in [-0.2, -0.15) is 0 Å². The molecule has 0 N–H and O–H groups in total. The summed E-state index contributed by atoms with van der Waals surface area (Å²) in [7, 11) is 0. The summed E-state index contributed by atoms with van der Waals surface area (Å²) in [5.74, 6) is -1.05. The third kappa shape index (κ3) is 50.8. The molecule has 0 aliphatic rings. The molecule has 0 heterocycles. The second-order valence-corrected chi connectivity index (χ2v) is 17.2. The molecular weight excluding hydrogens is 817 g/mol. The second kappa shape index (κ2) is 53.4. The molecule has 0 aromatic rings. The van der Waals surface area contributed by atoms with E-state index in [-0.39, 0.29) is 44.0 Å². The number of hydrogen-bond acceptors (Lipinski definition) is 6. The first-order valence-corrected chi connectivity index (χ1v) is 26.6. The van der Waals surface area contributed by atoms with Crippen LogP contribution in [0.1, 0.15) is 220 Å². The molecule has 0 saturated carbocycles. The third-order valence-electron chi connectivity index (χ3n) is 10.8. The fraction of sp³-hybridized carbons (Fsp3) is 0.617. The van der Waals surface area contributed by atoms with Gasteiger partial charge in [-0.25, -0.2) is 0 Å². The van der Waals surface area contributed by atoms with Gasteiger partial charge in [-0.15, -0.1) is 0 Å². The summed E-state index contributed by atoms with van der Waals surface area (Å²) >= 11 is 0. The van der Waals surface area contributed by atoms with Crippen molar-refractivity contribution in [3.8, 4) is 0 Å². The summed E-state index contributed by atoms with van der Waals surface area (Å²) in [6.07, 6.45) is 73.3. The first kappa shape index (κ1) is 61.8. The van der Waals surface area contributed by atoms with E-state index >= 15 is 0 Å². The van der Waals surface area contributed by atoms with Crippen molar-refractivity contribution >= 4 is 17.9 Å². The van der Waals surface area contributed by atoms with Crippen LogP contribution < -0.4 is 0 Å². The molecule has 0 spiro atoms. The largest absolute Gasteiger partial charge is 0.462 e. The Morgan fingerprint density at radius 3 is 1.14 bits per heavy atom. The Bertz CT molecular complexity index is 1420. The third-order valence-corrected chi connectivity index (χ3v) is 10.8. The van der Waals surface area contributed by atoms with Gasteiger partial charge >= 0.3 is 17.9 Å². The lowest BCUT2D eigenvalue weighted by molar-refractivity contribution is -0.167. The van der Waals surface area contributed by atoms with Crippen LogP contribution in [0.3, 0.4) is 0 Å². The topological polar surface area (TPSA) is 78.9 Å². The number of hydrogen-bond donors (Lipinski definition) is 0. The van der Waals surface area contributed by atoms with Crippen molar-refractivity contribution in [2.75, 3.05) is 13.2 Å². The lowest BCUT2D eigenvalue weighted by atomic mass is 10.1. The van der Waals surface area contributed by atoms with Crippen LogP contribution in [0, 0.1) is 0 Å². The van der Waals surface area contributed by atoms with Crippen molar-refractivity contribution in [2.24, 2.45) is 0 Å². The molecule has 1 unspecified atom stereocenters. The predicted molar refractivity (Wildman–Crippen MR) is 283 cm³/mol. The number of allylic oxidation sites excluding steroid dienone is 20. The van der Waals surface area contributed by atoms with Crippen LogP contribution in [-0.4, -0.2) is 37.2 Å². The van der Waals surface area contributed by atoms with Crippen LogP contribution in [0.2, 0.25) is 0 Å². The zero-order chi connectivity index (χ0) is 47.9. The maximum Gasteiger partial charge on any atom is 0.306 e. The van der Waals surface area contributed by atoms with Gasteiger partial charge in [0.2, 0.25) is 0 Å². The van der Waals surface area contributed by atoms with Gasteiger partial charge in [-0.1, -0.05) is 226 Å². The standard InChI is InChI=1S/C60H96O6/c1-4-7-10-13-16-19-22-25-28-30-33-35-38-41-44-47-50-53-59(62)65-56-57(55-64-58(61)52-49-46-43-40-37-34-31-27-24-21-18-15-12-9-6-3)66-60(63)54-51-48-45-42-39-36-32-29-26-23-20-17-14-11-8-5-2/h9,12,15,18,21,24-25,27-29,31-37,39,41,44,57H,4-8,10-11,13-14,16-17,19-20,22-23,26,30,38,40,42-43,45-56H2,1-3H3/b12-9-,18-15-,24-21-,28-25-,31-27-,32-29-,35-33-,37-34-,39-36-,44-41-. The molecule has 0 amide bonds. The normalized spacial score (nSPS) is 13.1. The van der Waals surface area contributed by atoms with E-state index in [0.29, 0.717) is 19.3 Å². The molecular formula is C60H96O6. The van der Waals surface area contributed by atoms with Crippen molar-refractivity contribution in [1.82, 2.24) is 0 Å². The summed E-state index contributed by atoms with van der Waals surface area (Å²) in [6, 6.07) is 0. The SMILES string of the molecule is CC\C=C/C=C\C=C/C=C\C=C/CCCCCC(=O)OCC(COC(=O)CCC/C=C\C/C=C\C/C=C\CCCCCCCC)OC(=O)CCCCC/C=C\C=C/CCCCCCCCC. The van der Waals surface area contributed by atoms with Gasteiger partial charge in [0.15, 0.2) is 6.10 Å². The Balaban J connectivity index is 4.60. The molecule has 0 radical (unpaired) electrons. The van der Waals surface area contributed by atoms with Gasteiger partial charge in [-0.05, 0) is 96.3 Å². The number of carbonyl (C=O) groups excluding carboxylic acids is 3. The number of rotatable bonds is 46. The first-order chi connectivity index (χ1) is 32.5.